The molecular formula is C11H5ClF3N3S2. The summed E-state index contributed by atoms with van der Waals surface area (Å²) < 4.78 is 39.8. The molecule has 3 aromatic rings. The number of aromatic nitrogens is 3. The van der Waals surface area contributed by atoms with Crippen molar-refractivity contribution in [3.8, 4) is 15.7 Å². The van der Waals surface area contributed by atoms with Crippen LogP contribution >= 0.6 is 34.3 Å². The van der Waals surface area contributed by atoms with Gasteiger partial charge in [0.15, 0.2) is 5.69 Å². The largest absolute Gasteiger partial charge is 0.433 e. The smallest absolute Gasteiger partial charge is 0.217 e. The van der Waals surface area contributed by atoms with Crippen molar-refractivity contribution in [2.75, 3.05) is 0 Å². The van der Waals surface area contributed by atoms with E-state index in [0.717, 1.165) is 33.2 Å². The monoisotopic (exact) mass is 335 g/mol. The zero-order chi connectivity index (χ0) is 14.3. The third kappa shape index (κ3) is 2.46. The molecule has 0 aliphatic carbocycles. The molecule has 0 saturated carbocycles. The van der Waals surface area contributed by atoms with Gasteiger partial charge < -0.3 is 0 Å². The Balaban J connectivity index is 2.01. The van der Waals surface area contributed by atoms with Crippen LogP contribution in [0.15, 0.2) is 29.8 Å². The summed E-state index contributed by atoms with van der Waals surface area (Å²) in [7, 11) is 0. The lowest BCUT2D eigenvalue weighted by Gasteiger charge is -2.07. The summed E-state index contributed by atoms with van der Waals surface area (Å²) in [6, 6.07) is 4.41. The number of rotatable bonds is 2. The van der Waals surface area contributed by atoms with Crippen molar-refractivity contribution in [2.45, 2.75) is 6.18 Å². The normalized spacial score (nSPS) is 12.0. The standard InChI is InChI=1S/C11H5ClF3N3S2/c12-9-2-1-7(20-9)6-5-19-10(17-6)18-8(3-4-16-18)11(13,14)15/h1-5H. The van der Waals surface area contributed by atoms with Gasteiger partial charge in [-0.05, 0) is 18.2 Å². The van der Waals surface area contributed by atoms with Crippen LogP contribution in [-0.4, -0.2) is 14.8 Å². The van der Waals surface area contributed by atoms with Gasteiger partial charge in [-0.15, -0.1) is 22.7 Å². The van der Waals surface area contributed by atoms with Gasteiger partial charge >= 0.3 is 6.18 Å². The molecule has 0 bridgehead atoms. The first-order valence-corrected chi connectivity index (χ1v) is 7.35. The molecule has 3 rings (SSSR count). The van der Waals surface area contributed by atoms with Crippen molar-refractivity contribution in [1.82, 2.24) is 14.8 Å². The molecule has 3 aromatic heterocycles. The minimum absolute atomic E-state index is 0.168. The minimum Gasteiger partial charge on any atom is -0.217 e. The van der Waals surface area contributed by atoms with Gasteiger partial charge in [0.25, 0.3) is 0 Å². The Morgan fingerprint density at radius 1 is 1.20 bits per heavy atom. The fourth-order valence-corrected chi connectivity index (χ4v) is 3.47. The Labute approximate surface area is 124 Å². The molecule has 0 fully saturated rings. The summed E-state index contributed by atoms with van der Waals surface area (Å²) in [5.74, 6) is 0. The Hall–Kier alpha value is -1.38. The minimum atomic E-state index is -4.46. The topological polar surface area (TPSA) is 30.7 Å². The summed E-state index contributed by atoms with van der Waals surface area (Å²) >= 11 is 8.24. The third-order valence-electron chi connectivity index (χ3n) is 2.43. The van der Waals surface area contributed by atoms with Crippen molar-refractivity contribution in [2.24, 2.45) is 0 Å². The van der Waals surface area contributed by atoms with Gasteiger partial charge in [-0.2, -0.15) is 18.3 Å². The average molecular weight is 336 g/mol. The van der Waals surface area contributed by atoms with Crippen LogP contribution in [0.25, 0.3) is 15.7 Å². The molecule has 0 aliphatic rings. The highest BCUT2D eigenvalue weighted by atomic mass is 35.5. The van der Waals surface area contributed by atoms with E-state index >= 15 is 0 Å². The van der Waals surface area contributed by atoms with E-state index in [4.69, 9.17) is 11.6 Å². The highest BCUT2D eigenvalue weighted by Gasteiger charge is 2.35. The van der Waals surface area contributed by atoms with Crippen molar-refractivity contribution >= 4 is 34.3 Å². The van der Waals surface area contributed by atoms with Crippen molar-refractivity contribution in [3.63, 3.8) is 0 Å². The second-order valence-corrected chi connectivity index (χ2v) is 6.30. The van der Waals surface area contributed by atoms with Crippen LogP contribution in [0.2, 0.25) is 4.34 Å². The fourth-order valence-electron chi connectivity index (χ4n) is 1.60. The quantitative estimate of drug-likeness (QED) is 0.678. The van der Waals surface area contributed by atoms with E-state index in [1.165, 1.54) is 11.3 Å². The molecule has 9 heteroatoms. The summed E-state index contributed by atoms with van der Waals surface area (Å²) in [5.41, 5.74) is -0.256. The Morgan fingerprint density at radius 3 is 2.65 bits per heavy atom. The molecule has 3 heterocycles. The van der Waals surface area contributed by atoms with Crippen molar-refractivity contribution in [3.05, 3.63) is 39.8 Å². The van der Waals surface area contributed by atoms with Crippen LogP contribution in [-0.2, 0) is 6.18 Å². The van der Waals surface area contributed by atoms with E-state index in [0.29, 0.717) is 10.0 Å². The first kappa shape index (κ1) is 13.6. The molecule has 0 radical (unpaired) electrons. The molecule has 0 atom stereocenters. The lowest BCUT2D eigenvalue weighted by atomic mass is 10.4. The average Bonchev–Trinajstić information content (AvgIpc) is 3.06. The molecule has 0 unspecified atom stereocenters. The van der Waals surface area contributed by atoms with Gasteiger partial charge in [0.2, 0.25) is 5.13 Å². The summed E-state index contributed by atoms with van der Waals surface area (Å²) in [4.78, 5) is 4.99. The van der Waals surface area contributed by atoms with Gasteiger partial charge in [-0.25, -0.2) is 9.67 Å². The highest BCUT2D eigenvalue weighted by molar-refractivity contribution is 7.19. The Bertz CT molecular complexity index is 744. The Morgan fingerprint density at radius 2 is 2.00 bits per heavy atom. The van der Waals surface area contributed by atoms with Crippen molar-refractivity contribution in [1.29, 1.82) is 0 Å². The fraction of sp³-hybridized carbons (Fsp3) is 0.0909. The number of thiophene rings is 1. The second-order valence-electron chi connectivity index (χ2n) is 3.75. The summed E-state index contributed by atoms with van der Waals surface area (Å²) in [6.45, 7) is 0. The molecule has 0 spiro atoms. The van der Waals surface area contributed by atoms with Crippen molar-refractivity contribution < 1.29 is 13.2 Å². The van der Waals surface area contributed by atoms with E-state index < -0.39 is 11.9 Å². The Kier molecular flexibility index (Phi) is 3.31. The van der Waals surface area contributed by atoms with Crippen LogP contribution < -0.4 is 0 Å². The molecule has 0 saturated heterocycles. The number of halogens is 4. The maximum atomic E-state index is 12.8. The van der Waals surface area contributed by atoms with E-state index in [1.54, 1.807) is 17.5 Å². The van der Waals surface area contributed by atoms with E-state index in [1.807, 2.05) is 0 Å². The van der Waals surface area contributed by atoms with Crippen LogP contribution in [0, 0.1) is 0 Å². The maximum absolute atomic E-state index is 12.8. The van der Waals surface area contributed by atoms with Crippen LogP contribution in [0.5, 0.6) is 0 Å². The molecule has 0 aromatic carbocycles. The maximum Gasteiger partial charge on any atom is 0.433 e. The van der Waals surface area contributed by atoms with Crippen LogP contribution in [0.1, 0.15) is 5.69 Å². The van der Waals surface area contributed by atoms with E-state index in [2.05, 4.69) is 10.1 Å². The third-order valence-corrected chi connectivity index (χ3v) is 4.50. The molecule has 104 valence electrons. The van der Waals surface area contributed by atoms with Gasteiger partial charge in [0.05, 0.1) is 21.1 Å². The lowest BCUT2D eigenvalue weighted by molar-refractivity contribution is -0.142. The highest BCUT2D eigenvalue weighted by Crippen LogP contribution is 2.34. The molecule has 20 heavy (non-hydrogen) atoms. The lowest BCUT2D eigenvalue weighted by Crippen LogP contribution is -2.12. The first-order valence-electron chi connectivity index (χ1n) is 5.28. The van der Waals surface area contributed by atoms with E-state index in [9.17, 15) is 13.2 Å². The van der Waals surface area contributed by atoms with Gasteiger partial charge in [-0.3, -0.25) is 0 Å². The second kappa shape index (κ2) is 4.87. The molecular weight excluding hydrogens is 331 g/mol. The SMILES string of the molecule is FC(F)(F)c1ccnn1-c1nc(-c2ccc(Cl)s2)cs1. The molecule has 0 amide bonds. The zero-order valence-electron chi connectivity index (χ0n) is 9.56. The van der Waals surface area contributed by atoms with Gasteiger partial charge in [0.1, 0.15) is 0 Å². The molecule has 3 nitrogen and oxygen atoms in total. The summed E-state index contributed by atoms with van der Waals surface area (Å²) in [6.07, 6.45) is -3.36. The predicted molar refractivity (Wildman–Crippen MR) is 72.6 cm³/mol. The van der Waals surface area contributed by atoms with E-state index in [-0.39, 0.29) is 5.13 Å². The van der Waals surface area contributed by atoms with Gasteiger partial charge in [-0.1, -0.05) is 11.6 Å². The number of alkyl halides is 3. The number of hydrogen-bond donors (Lipinski definition) is 0. The van der Waals surface area contributed by atoms with Gasteiger partial charge in [0, 0.05) is 5.38 Å². The number of hydrogen-bond acceptors (Lipinski definition) is 4. The molecule has 0 aliphatic heterocycles. The zero-order valence-corrected chi connectivity index (χ0v) is 11.9. The predicted octanol–water partition coefficient (Wildman–Crippen LogP) is 4.73. The van der Waals surface area contributed by atoms with Crippen LogP contribution in [0.4, 0.5) is 13.2 Å². The number of nitrogens with zero attached hydrogens (tertiary/aromatic N) is 3. The van der Waals surface area contributed by atoms with Crippen LogP contribution in [0.3, 0.4) is 0 Å². The summed E-state index contributed by atoms with van der Waals surface area (Å²) in [5, 5.41) is 5.54. The molecule has 0 N–H and O–H groups in total. The first-order chi connectivity index (χ1) is 9.45. The number of thiazole rings is 1.